The lowest BCUT2D eigenvalue weighted by atomic mass is 10.1. The van der Waals surface area contributed by atoms with E-state index in [-0.39, 0.29) is 5.78 Å². The van der Waals surface area contributed by atoms with Crippen molar-refractivity contribution in [1.29, 1.82) is 0 Å². The van der Waals surface area contributed by atoms with Crippen LogP contribution < -0.4 is 0 Å². The molecule has 158 valence electrons. The molecule has 1 aliphatic heterocycles. The molecular formula is C23H30N6O. The van der Waals surface area contributed by atoms with E-state index in [2.05, 4.69) is 38.7 Å². The quantitative estimate of drug-likeness (QED) is 0.600. The number of Topliss-reactive ketones (excluding diaryl/α,β-unsaturated/α-hetero) is 1. The summed E-state index contributed by atoms with van der Waals surface area (Å²) in [5.41, 5.74) is 2.66. The van der Waals surface area contributed by atoms with E-state index in [4.69, 9.17) is 0 Å². The second kappa shape index (κ2) is 9.02. The van der Waals surface area contributed by atoms with Crippen LogP contribution in [0.2, 0.25) is 0 Å². The number of carbonyl (C=O) groups is 1. The first-order chi connectivity index (χ1) is 14.5. The third-order valence-corrected chi connectivity index (χ3v) is 5.53. The summed E-state index contributed by atoms with van der Waals surface area (Å²) in [6, 6.07) is 4.05. The first kappa shape index (κ1) is 20.6. The van der Waals surface area contributed by atoms with Crippen molar-refractivity contribution < 1.29 is 4.79 Å². The summed E-state index contributed by atoms with van der Waals surface area (Å²) in [4.78, 5) is 26.4. The molecule has 4 heterocycles. The number of carbonyl (C=O) groups excluding carboxylic acids is 1. The molecule has 1 fully saturated rings. The molecule has 30 heavy (non-hydrogen) atoms. The number of ketones is 1. The molecule has 0 saturated carbocycles. The third kappa shape index (κ3) is 5.09. The third-order valence-electron chi connectivity index (χ3n) is 5.53. The first-order valence-electron chi connectivity index (χ1n) is 10.7. The van der Waals surface area contributed by atoms with E-state index in [1.54, 1.807) is 10.9 Å². The molecule has 0 bridgehead atoms. The molecule has 0 spiro atoms. The molecule has 0 atom stereocenters. The number of hydrogen-bond donors (Lipinski definition) is 0. The molecule has 7 heteroatoms. The highest BCUT2D eigenvalue weighted by Gasteiger charge is 2.19. The van der Waals surface area contributed by atoms with Crippen LogP contribution in [0.5, 0.6) is 0 Å². The van der Waals surface area contributed by atoms with Gasteiger partial charge in [-0.3, -0.25) is 24.3 Å². The van der Waals surface area contributed by atoms with Crippen LogP contribution in [0.4, 0.5) is 0 Å². The van der Waals surface area contributed by atoms with Gasteiger partial charge in [-0.15, -0.1) is 0 Å². The van der Waals surface area contributed by atoms with Gasteiger partial charge in [0.1, 0.15) is 0 Å². The standard InChI is InChI=1S/C23H30N6O/c1-17(2)14-28-4-6-29(7-5-28)16-22(30)10-21-8-18-9-23(20-13-26-27(3)15-20)25-12-19(18)11-24-21/h8-9,11-13,15,17H,4-7,10,14,16H2,1-3H3. The number of hydrogen-bond acceptors (Lipinski definition) is 6. The first-order valence-corrected chi connectivity index (χ1v) is 10.7. The lowest BCUT2D eigenvalue weighted by Crippen LogP contribution is -2.48. The number of rotatable bonds is 7. The Bertz CT molecular complexity index is 1020. The van der Waals surface area contributed by atoms with Crippen LogP contribution in [-0.2, 0) is 18.3 Å². The maximum atomic E-state index is 12.6. The molecule has 7 nitrogen and oxygen atoms in total. The van der Waals surface area contributed by atoms with Crippen molar-refractivity contribution in [1.82, 2.24) is 29.5 Å². The lowest BCUT2D eigenvalue weighted by molar-refractivity contribution is -0.120. The van der Waals surface area contributed by atoms with Crippen LogP contribution in [0, 0.1) is 5.92 Å². The largest absolute Gasteiger partial charge is 0.301 e. The minimum absolute atomic E-state index is 0.223. The number of nitrogens with zero attached hydrogens (tertiary/aromatic N) is 6. The highest BCUT2D eigenvalue weighted by molar-refractivity contribution is 5.87. The number of pyridine rings is 2. The maximum Gasteiger partial charge on any atom is 0.152 e. The van der Waals surface area contributed by atoms with Gasteiger partial charge in [0.25, 0.3) is 0 Å². The molecule has 4 rings (SSSR count). The summed E-state index contributed by atoms with van der Waals surface area (Å²) in [7, 11) is 1.89. The summed E-state index contributed by atoms with van der Waals surface area (Å²) in [5, 5.41) is 6.23. The molecule has 1 saturated heterocycles. The molecule has 0 aromatic carbocycles. The summed E-state index contributed by atoms with van der Waals surface area (Å²) >= 11 is 0. The van der Waals surface area contributed by atoms with Gasteiger partial charge < -0.3 is 4.90 Å². The van der Waals surface area contributed by atoms with Crippen molar-refractivity contribution in [2.75, 3.05) is 39.3 Å². The Labute approximate surface area is 177 Å². The molecule has 0 unspecified atom stereocenters. The van der Waals surface area contributed by atoms with Gasteiger partial charge in [0.2, 0.25) is 0 Å². The zero-order valence-electron chi connectivity index (χ0n) is 18.1. The van der Waals surface area contributed by atoms with E-state index < -0.39 is 0 Å². The Morgan fingerprint density at radius 1 is 1.00 bits per heavy atom. The zero-order chi connectivity index (χ0) is 21.1. The van der Waals surface area contributed by atoms with Gasteiger partial charge in [-0.05, 0) is 23.4 Å². The molecule has 3 aromatic heterocycles. The fourth-order valence-corrected chi connectivity index (χ4v) is 4.05. The van der Waals surface area contributed by atoms with Crippen LogP contribution in [-0.4, -0.2) is 74.6 Å². The summed E-state index contributed by atoms with van der Waals surface area (Å²) < 4.78 is 1.76. The molecular weight excluding hydrogens is 376 g/mol. The van der Waals surface area contributed by atoms with Gasteiger partial charge in [-0.2, -0.15) is 5.10 Å². The van der Waals surface area contributed by atoms with Crippen molar-refractivity contribution in [3.63, 3.8) is 0 Å². The smallest absolute Gasteiger partial charge is 0.152 e. The van der Waals surface area contributed by atoms with Crippen molar-refractivity contribution >= 4 is 16.6 Å². The van der Waals surface area contributed by atoms with Gasteiger partial charge in [0.15, 0.2) is 5.78 Å². The van der Waals surface area contributed by atoms with Crippen molar-refractivity contribution in [3.8, 4) is 11.3 Å². The summed E-state index contributed by atoms with van der Waals surface area (Å²) in [6.45, 7) is 10.2. The van der Waals surface area contributed by atoms with Gasteiger partial charge >= 0.3 is 0 Å². The van der Waals surface area contributed by atoms with Crippen molar-refractivity contribution in [2.45, 2.75) is 20.3 Å². The second-order valence-electron chi connectivity index (χ2n) is 8.68. The van der Waals surface area contributed by atoms with Crippen LogP contribution in [0.25, 0.3) is 22.0 Å². The van der Waals surface area contributed by atoms with E-state index in [1.165, 1.54) is 0 Å². The molecule has 0 N–H and O–H groups in total. The minimum atomic E-state index is 0.223. The predicted molar refractivity (Wildman–Crippen MR) is 118 cm³/mol. The summed E-state index contributed by atoms with van der Waals surface area (Å²) in [5.74, 6) is 0.909. The Balaban J connectivity index is 1.38. The van der Waals surface area contributed by atoms with Crippen molar-refractivity contribution in [2.24, 2.45) is 13.0 Å². The van der Waals surface area contributed by atoms with Crippen LogP contribution in [0.15, 0.2) is 36.9 Å². The van der Waals surface area contributed by atoms with Gasteiger partial charge in [-0.1, -0.05) is 13.8 Å². The highest BCUT2D eigenvalue weighted by atomic mass is 16.1. The highest BCUT2D eigenvalue weighted by Crippen LogP contribution is 2.21. The predicted octanol–water partition coefficient (Wildman–Crippen LogP) is 2.42. The SMILES string of the molecule is CC(C)CN1CCN(CC(=O)Cc2cc3cc(-c4cnn(C)c4)ncc3cn2)CC1. The molecule has 1 aliphatic rings. The van der Waals surface area contributed by atoms with E-state index >= 15 is 0 Å². The maximum absolute atomic E-state index is 12.6. The van der Waals surface area contributed by atoms with E-state index in [0.29, 0.717) is 18.9 Å². The fourth-order valence-electron chi connectivity index (χ4n) is 4.05. The Hall–Kier alpha value is -2.64. The van der Waals surface area contributed by atoms with Gasteiger partial charge in [0.05, 0.1) is 24.9 Å². The number of fused-ring (bicyclic) bond motifs is 1. The van der Waals surface area contributed by atoms with Gasteiger partial charge in [0, 0.05) is 75.0 Å². The Morgan fingerprint density at radius 2 is 1.73 bits per heavy atom. The van der Waals surface area contributed by atoms with Crippen LogP contribution in [0.1, 0.15) is 19.5 Å². The zero-order valence-corrected chi connectivity index (χ0v) is 18.1. The Kier molecular flexibility index (Phi) is 6.20. The second-order valence-corrected chi connectivity index (χ2v) is 8.68. The molecule has 0 radical (unpaired) electrons. The number of aryl methyl sites for hydroxylation is 1. The topological polar surface area (TPSA) is 67.2 Å². The molecule has 3 aromatic rings. The van der Waals surface area contributed by atoms with Crippen LogP contribution >= 0.6 is 0 Å². The fraction of sp³-hybridized carbons (Fsp3) is 0.478. The van der Waals surface area contributed by atoms with E-state index in [9.17, 15) is 4.79 Å². The average Bonchev–Trinajstić information content (AvgIpc) is 3.15. The monoisotopic (exact) mass is 406 g/mol. The van der Waals surface area contributed by atoms with E-state index in [1.807, 2.05) is 37.8 Å². The summed E-state index contributed by atoms with van der Waals surface area (Å²) in [6.07, 6.45) is 7.75. The number of piperazine rings is 1. The van der Waals surface area contributed by atoms with E-state index in [0.717, 1.165) is 60.4 Å². The van der Waals surface area contributed by atoms with Crippen molar-refractivity contribution in [3.05, 3.63) is 42.6 Å². The normalized spacial score (nSPS) is 15.9. The molecule has 0 amide bonds. The average molecular weight is 407 g/mol. The number of aromatic nitrogens is 4. The Morgan fingerprint density at radius 3 is 2.43 bits per heavy atom. The van der Waals surface area contributed by atoms with Gasteiger partial charge in [-0.25, -0.2) is 0 Å². The molecule has 0 aliphatic carbocycles. The lowest BCUT2D eigenvalue weighted by Gasteiger charge is -2.35. The van der Waals surface area contributed by atoms with Crippen LogP contribution in [0.3, 0.4) is 0 Å². The minimum Gasteiger partial charge on any atom is -0.301 e.